The number of halogens is 1. The fourth-order valence-corrected chi connectivity index (χ4v) is 2.76. The van der Waals surface area contributed by atoms with E-state index in [-0.39, 0.29) is 10.9 Å². The summed E-state index contributed by atoms with van der Waals surface area (Å²) < 4.78 is 5.74. The average Bonchev–Trinajstić information content (AvgIpc) is 2.62. The first kappa shape index (κ1) is 17.6. The third-order valence-corrected chi connectivity index (χ3v) is 3.74. The van der Waals surface area contributed by atoms with Gasteiger partial charge in [0.1, 0.15) is 10.9 Å². The summed E-state index contributed by atoms with van der Waals surface area (Å²) in [5.74, 6) is -1.11. The average molecular weight is 367 g/mol. The van der Waals surface area contributed by atoms with Gasteiger partial charge in [0.15, 0.2) is 0 Å². The zero-order valence-corrected chi connectivity index (χ0v) is 14.6. The fraction of sp³-hybridized carbons (Fsp3) is 0.0500. The molecule has 0 unspecified atom stereocenters. The predicted octanol–water partition coefficient (Wildman–Crippen LogP) is 4.36. The van der Waals surface area contributed by atoms with Crippen LogP contribution >= 0.6 is 11.6 Å². The molecule has 1 N–H and O–H groups in total. The molecule has 130 valence electrons. The number of carboxylic acid groups (broad SMARTS) is 1. The summed E-state index contributed by atoms with van der Waals surface area (Å²) in [6, 6.07) is 15.8. The first-order valence-electron chi connectivity index (χ1n) is 7.80. The van der Waals surface area contributed by atoms with Gasteiger partial charge in [-0.05, 0) is 18.6 Å². The molecule has 0 amide bonds. The fourth-order valence-electron chi connectivity index (χ4n) is 2.52. The number of hydrogen-bond donors (Lipinski definition) is 1. The van der Waals surface area contributed by atoms with E-state index >= 15 is 0 Å². The molecule has 0 fully saturated rings. The van der Waals surface area contributed by atoms with E-state index in [0.717, 1.165) is 0 Å². The number of carbonyl (C=O) groups is 1. The van der Waals surface area contributed by atoms with Crippen LogP contribution in [0.15, 0.2) is 72.8 Å². The van der Waals surface area contributed by atoms with E-state index in [1.807, 2.05) is 30.3 Å². The molecule has 0 radical (unpaired) electrons. The summed E-state index contributed by atoms with van der Waals surface area (Å²) in [4.78, 5) is 20.2. The second-order valence-electron chi connectivity index (χ2n) is 5.49. The Hall–Kier alpha value is -3.18. The number of ether oxygens (including phenoxy) is 1. The lowest BCUT2D eigenvalue weighted by Crippen LogP contribution is -2.12. The number of aromatic nitrogens is 2. The Morgan fingerprint density at radius 1 is 1.08 bits per heavy atom. The van der Waals surface area contributed by atoms with E-state index in [1.165, 1.54) is 6.07 Å². The molecule has 2 aromatic heterocycles. The maximum atomic E-state index is 12.0. The molecule has 0 bridgehead atoms. The smallest absolute Gasteiger partial charge is 0.372 e. The largest absolute Gasteiger partial charge is 0.475 e. The molecule has 2 heterocycles. The summed E-state index contributed by atoms with van der Waals surface area (Å²) in [5.41, 5.74) is 2.39. The summed E-state index contributed by atoms with van der Waals surface area (Å²) in [6.45, 7) is 1.75. The van der Waals surface area contributed by atoms with Crippen molar-refractivity contribution in [3.8, 4) is 5.75 Å². The van der Waals surface area contributed by atoms with Crippen LogP contribution in [-0.2, 0) is 4.79 Å². The minimum Gasteiger partial charge on any atom is -0.475 e. The molecule has 6 heteroatoms. The van der Waals surface area contributed by atoms with E-state index < -0.39 is 5.97 Å². The van der Waals surface area contributed by atoms with Gasteiger partial charge in [-0.15, -0.1) is 0 Å². The Labute approximate surface area is 155 Å². The molecule has 0 saturated heterocycles. The SMILES string of the molecule is Cc1cc(O/C(C(=O)O)=C(/c2ccccc2)c2cccnc2)cc(Cl)n1. The molecule has 0 atom stereocenters. The van der Waals surface area contributed by atoms with Crippen LogP contribution in [0.25, 0.3) is 5.57 Å². The van der Waals surface area contributed by atoms with Crippen molar-refractivity contribution in [1.82, 2.24) is 9.97 Å². The van der Waals surface area contributed by atoms with Gasteiger partial charge in [-0.1, -0.05) is 48.0 Å². The molecule has 0 aliphatic carbocycles. The van der Waals surface area contributed by atoms with Crippen LogP contribution in [0.3, 0.4) is 0 Å². The lowest BCUT2D eigenvalue weighted by molar-refractivity contribution is -0.134. The zero-order chi connectivity index (χ0) is 18.5. The monoisotopic (exact) mass is 366 g/mol. The van der Waals surface area contributed by atoms with Crippen LogP contribution in [0.2, 0.25) is 5.15 Å². The van der Waals surface area contributed by atoms with E-state index in [4.69, 9.17) is 16.3 Å². The summed E-state index contributed by atoms with van der Waals surface area (Å²) in [6.07, 6.45) is 3.22. The van der Waals surface area contributed by atoms with Crippen LogP contribution in [-0.4, -0.2) is 21.0 Å². The number of aliphatic carboxylic acids is 1. The van der Waals surface area contributed by atoms with Gasteiger partial charge in [0.05, 0.1) is 0 Å². The lowest BCUT2D eigenvalue weighted by atomic mass is 9.98. The highest BCUT2D eigenvalue weighted by Crippen LogP contribution is 2.29. The first-order valence-corrected chi connectivity index (χ1v) is 8.18. The number of carboxylic acids is 1. The number of benzene rings is 1. The van der Waals surface area contributed by atoms with Crippen molar-refractivity contribution in [2.24, 2.45) is 0 Å². The Balaban J connectivity index is 2.20. The predicted molar refractivity (Wildman–Crippen MR) is 98.9 cm³/mol. The van der Waals surface area contributed by atoms with Crippen molar-refractivity contribution in [3.05, 3.63) is 94.7 Å². The van der Waals surface area contributed by atoms with Crippen LogP contribution in [0.1, 0.15) is 16.8 Å². The number of nitrogens with zero attached hydrogens (tertiary/aromatic N) is 2. The Kier molecular flexibility index (Phi) is 5.29. The Morgan fingerprint density at radius 3 is 2.42 bits per heavy atom. The van der Waals surface area contributed by atoms with Crippen molar-refractivity contribution >= 4 is 23.1 Å². The molecule has 3 aromatic rings. The van der Waals surface area contributed by atoms with Crippen LogP contribution < -0.4 is 4.74 Å². The van der Waals surface area contributed by atoms with Gasteiger partial charge >= 0.3 is 5.97 Å². The molecule has 0 aliphatic heterocycles. The lowest BCUT2D eigenvalue weighted by Gasteiger charge is -2.14. The highest BCUT2D eigenvalue weighted by atomic mass is 35.5. The minimum absolute atomic E-state index is 0.217. The summed E-state index contributed by atoms with van der Waals surface area (Å²) in [5, 5.41) is 10.0. The quantitative estimate of drug-likeness (QED) is 0.412. The summed E-state index contributed by atoms with van der Waals surface area (Å²) >= 11 is 5.96. The standard InChI is InChI=1S/C20H15ClN2O3/c1-13-10-16(11-17(21)23-13)26-19(20(24)25)18(14-6-3-2-4-7-14)15-8-5-9-22-12-15/h2-12H,1H3,(H,24,25)/b19-18-. The second-order valence-corrected chi connectivity index (χ2v) is 5.87. The number of hydrogen-bond acceptors (Lipinski definition) is 4. The topological polar surface area (TPSA) is 72.3 Å². The van der Waals surface area contributed by atoms with Crippen LogP contribution in [0, 0.1) is 6.92 Å². The highest BCUT2D eigenvalue weighted by molar-refractivity contribution is 6.29. The maximum Gasteiger partial charge on any atom is 0.372 e. The van der Waals surface area contributed by atoms with Crippen LogP contribution in [0.5, 0.6) is 5.75 Å². The van der Waals surface area contributed by atoms with Crippen molar-refractivity contribution in [3.63, 3.8) is 0 Å². The third kappa shape index (κ3) is 4.07. The molecule has 0 aliphatic rings. The number of aryl methyl sites for hydroxylation is 1. The molecule has 1 aromatic carbocycles. The van der Waals surface area contributed by atoms with E-state index in [0.29, 0.717) is 28.1 Å². The Morgan fingerprint density at radius 2 is 1.81 bits per heavy atom. The molecule has 3 rings (SSSR count). The van der Waals surface area contributed by atoms with Gasteiger partial charge in [-0.25, -0.2) is 9.78 Å². The Bertz CT molecular complexity index is 896. The van der Waals surface area contributed by atoms with Gasteiger partial charge < -0.3 is 9.84 Å². The number of rotatable bonds is 5. The van der Waals surface area contributed by atoms with Crippen molar-refractivity contribution in [2.75, 3.05) is 0 Å². The third-order valence-electron chi connectivity index (χ3n) is 3.55. The molecular weight excluding hydrogens is 352 g/mol. The zero-order valence-electron chi connectivity index (χ0n) is 13.9. The van der Waals surface area contributed by atoms with Gasteiger partial charge in [0.2, 0.25) is 5.76 Å². The maximum absolute atomic E-state index is 12.0. The van der Waals surface area contributed by atoms with E-state index in [1.54, 1.807) is 37.5 Å². The second kappa shape index (κ2) is 7.80. The van der Waals surface area contributed by atoms with Gasteiger partial charge in [-0.3, -0.25) is 4.98 Å². The van der Waals surface area contributed by atoms with E-state index in [2.05, 4.69) is 9.97 Å². The molecule has 5 nitrogen and oxygen atoms in total. The summed E-state index contributed by atoms with van der Waals surface area (Å²) in [7, 11) is 0. The van der Waals surface area contributed by atoms with Crippen molar-refractivity contribution < 1.29 is 14.6 Å². The molecule has 0 spiro atoms. The molecular formula is C20H15ClN2O3. The number of pyridine rings is 2. The molecule has 26 heavy (non-hydrogen) atoms. The highest BCUT2D eigenvalue weighted by Gasteiger charge is 2.21. The first-order chi connectivity index (χ1) is 12.5. The van der Waals surface area contributed by atoms with E-state index in [9.17, 15) is 9.90 Å². The van der Waals surface area contributed by atoms with Gasteiger partial charge in [0.25, 0.3) is 0 Å². The van der Waals surface area contributed by atoms with Gasteiger partial charge in [-0.2, -0.15) is 0 Å². The van der Waals surface area contributed by atoms with Crippen LogP contribution in [0.4, 0.5) is 0 Å². The van der Waals surface area contributed by atoms with Crippen molar-refractivity contribution in [2.45, 2.75) is 6.92 Å². The van der Waals surface area contributed by atoms with Crippen molar-refractivity contribution in [1.29, 1.82) is 0 Å². The normalized spacial score (nSPS) is 11.6. The minimum atomic E-state index is -1.20. The molecule has 0 saturated carbocycles. The van der Waals surface area contributed by atoms with Gasteiger partial charge in [0, 0.05) is 41.4 Å².